The van der Waals surface area contributed by atoms with Gasteiger partial charge in [0.2, 0.25) is 16.9 Å². The zero-order valence-electron chi connectivity index (χ0n) is 15.4. The summed E-state index contributed by atoms with van der Waals surface area (Å²) >= 11 is 1.26. The molecule has 0 unspecified atom stereocenters. The number of hydrogen-bond donors (Lipinski definition) is 1. The van der Waals surface area contributed by atoms with Crippen LogP contribution in [0.5, 0.6) is 5.75 Å². The van der Waals surface area contributed by atoms with Gasteiger partial charge < -0.3 is 15.1 Å². The summed E-state index contributed by atoms with van der Waals surface area (Å²) in [5.74, 6) is 7.71. The minimum absolute atomic E-state index is 0.238. The van der Waals surface area contributed by atoms with Crippen LogP contribution in [-0.4, -0.2) is 31.6 Å². The number of benzene rings is 2. The van der Waals surface area contributed by atoms with Gasteiger partial charge in [-0.25, -0.2) is 9.07 Å². The van der Waals surface area contributed by atoms with E-state index in [1.54, 1.807) is 18.2 Å². The first-order chi connectivity index (χ1) is 14.2. The van der Waals surface area contributed by atoms with E-state index < -0.39 is 5.82 Å². The van der Waals surface area contributed by atoms with Crippen molar-refractivity contribution in [3.63, 3.8) is 0 Å². The lowest BCUT2D eigenvalue weighted by Gasteiger charge is -2.06. The number of halogens is 1. The highest BCUT2D eigenvalue weighted by Crippen LogP contribution is 2.29. The summed E-state index contributed by atoms with van der Waals surface area (Å²) < 4.78 is 26.2. The number of hydrogen-bond acceptors (Lipinski definition) is 8. The van der Waals surface area contributed by atoms with Gasteiger partial charge in [0, 0.05) is 0 Å². The highest BCUT2D eigenvalue weighted by atomic mass is 32.2. The number of ether oxygens (including phenoxy) is 1. The van der Waals surface area contributed by atoms with Crippen molar-refractivity contribution in [3.8, 4) is 28.5 Å². The SMILES string of the molecule is CCOc1ccccc1-c1noc(CSc2nnc(-c3ccccc3F)n2N)n1. The van der Waals surface area contributed by atoms with Crippen LogP contribution in [0.4, 0.5) is 4.39 Å². The average Bonchev–Trinajstić information content (AvgIpc) is 3.34. The minimum Gasteiger partial charge on any atom is -0.493 e. The van der Waals surface area contributed by atoms with E-state index in [1.807, 2.05) is 31.2 Å². The lowest BCUT2D eigenvalue weighted by atomic mass is 10.2. The van der Waals surface area contributed by atoms with E-state index in [1.165, 1.54) is 22.5 Å². The van der Waals surface area contributed by atoms with Crippen LogP contribution >= 0.6 is 11.8 Å². The minimum atomic E-state index is -0.419. The van der Waals surface area contributed by atoms with Gasteiger partial charge in [0.05, 0.1) is 23.5 Å². The summed E-state index contributed by atoms with van der Waals surface area (Å²) in [5.41, 5.74) is 1.03. The second-order valence-electron chi connectivity index (χ2n) is 5.89. The van der Waals surface area contributed by atoms with Crippen molar-refractivity contribution >= 4 is 11.8 Å². The van der Waals surface area contributed by atoms with Crippen LogP contribution in [0.2, 0.25) is 0 Å². The number of para-hydroxylation sites is 1. The predicted molar refractivity (Wildman–Crippen MR) is 106 cm³/mol. The molecule has 0 saturated carbocycles. The third-order valence-electron chi connectivity index (χ3n) is 4.00. The van der Waals surface area contributed by atoms with E-state index >= 15 is 0 Å². The number of rotatable bonds is 7. The highest BCUT2D eigenvalue weighted by Gasteiger charge is 2.17. The van der Waals surface area contributed by atoms with Gasteiger partial charge in [0.15, 0.2) is 5.82 Å². The molecule has 8 nitrogen and oxygen atoms in total. The average molecular weight is 412 g/mol. The van der Waals surface area contributed by atoms with Gasteiger partial charge in [-0.1, -0.05) is 41.2 Å². The highest BCUT2D eigenvalue weighted by molar-refractivity contribution is 7.98. The molecule has 0 radical (unpaired) electrons. The summed E-state index contributed by atoms with van der Waals surface area (Å²) in [4.78, 5) is 4.41. The summed E-state index contributed by atoms with van der Waals surface area (Å²) in [7, 11) is 0. The number of nitrogen functional groups attached to an aromatic ring is 1. The van der Waals surface area contributed by atoms with Gasteiger partial charge in [-0.2, -0.15) is 4.98 Å². The molecule has 2 aromatic carbocycles. The molecule has 148 valence electrons. The first kappa shape index (κ1) is 18.9. The van der Waals surface area contributed by atoms with Crippen molar-refractivity contribution < 1.29 is 13.7 Å². The van der Waals surface area contributed by atoms with Crippen molar-refractivity contribution in [2.24, 2.45) is 0 Å². The molecule has 0 aliphatic rings. The molecule has 0 atom stereocenters. The Labute approximate surface area is 169 Å². The first-order valence-corrected chi connectivity index (χ1v) is 9.79. The smallest absolute Gasteiger partial charge is 0.237 e. The van der Waals surface area contributed by atoms with E-state index in [-0.39, 0.29) is 11.4 Å². The fraction of sp³-hybridized carbons (Fsp3) is 0.158. The van der Waals surface area contributed by atoms with Gasteiger partial charge >= 0.3 is 0 Å². The maximum absolute atomic E-state index is 14.0. The molecule has 0 aliphatic heterocycles. The first-order valence-electron chi connectivity index (χ1n) is 8.80. The fourth-order valence-corrected chi connectivity index (χ4v) is 3.38. The van der Waals surface area contributed by atoms with Crippen LogP contribution in [0.25, 0.3) is 22.8 Å². The number of nitrogens with zero attached hydrogens (tertiary/aromatic N) is 5. The van der Waals surface area contributed by atoms with Crippen molar-refractivity contribution in [1.82, 2.24) is 25.0 Å². The predicted octanol–water partition coefficient (Wildman–Crippen LogP) is 3.54. The third kappa shape index (κ3) is 3.92. The molecule has 0 fully saturated rings. The van der Waals surface area contributed by atoms with E-state index in [2.05, 4.69) is 20.3 Å². The van der Waals surface area contributed by atoms with E-state index in [0.29, 0.717) is 35.0 Å². The Kier molecular flexibility index (Phi) is 5.43. The van der Waals surface area contributed by atoms with Crippen LogP contribution < -0.4 is 10.6 Å². The van der Waals surface area contributed by atoms with Crippen LogP contribution in [0.3, 0.4) is 0 Å². The fourth-order valence-electron chi connectivity index (χ4n) is 2.68. The molecule has 2 N–H and O–H groups in total. The van der Waals surface area contributed by atoms with Crippen LogP contribution in [-0.2, 0) is 5.75 Å². The Morgan fingerprint density at radius 3 is 2.66 bits per heavy atom. The molecule has 0 bridgehead atoms. The normalized spacial score (nSPS) is 11.0. The van der Waals surface area contributed by atoms with Crippen LogP contribution in [0, 0.1) is 5.82 Å². The molecule has 2 heterocycles. The van der Waals surface area contributed by atoms with Crippen LogP contribution in [0.15, 0.2) is 58.2 Å². The number of thioether (sulfide) groups is 1. The molecule has 0 spiro atoms. The topological polar surface area (TPSA) is 105 Å². The van der Waals surface area contributed by atoms with Gasteiger partial charge in [0.1, 0.15) is 11.6 Å². The lowest BCUT2D eigenvalue weighted by Crippen LogP contribution is -2.12. The zero-order valence-corrected chi connectivity index (χ0v) is 16.3. The third-order valence-corrected chi connectivity index (χ3v) is 4.93. The van der Waals surface area contributed by atoms with Gasteiger partial charge in [-0.3, -0.25) is 0 Å². The molecule has 0 aliphatic carbocycles. The Balaban J connectivity index is 1.50. The van der Waals surface area contributed by atoms with Gasteiger partial charge in [-0.15, -0.1) is 10.2 Å². The van der Waals surface area contributed by atoms with Crippen LogP contribution in [0.1, 0.15) is 12.8 Å². The lowest BCUT2D eigenvalue weighted by molar-refractivity contribution is 0.341. The maximum Gasteiger partial charge on any atom is 0.237 e. The molecule has 2 aromatic heterocycles. The summed E-state index contributed by atoms with van der Waals surface area (Å²) in [6.07, 6.45) is 0. The Bertz CT molecular complexity index is 1130. The van der Waals surface area contributed by atoms with E-state index in [4.69, 9.17) is 15.1 Å². The molecule has 10 heteroatoms. The Morgan fingerprint density at radius 2 is 1.86 bits per heavy atom. The van der Waals surface area contributed by atoms with E-state index in [9.17, 15) is 4.39 Å². The summed E-state index contributed by atoms with van der Waals surface area (Å²) in [5, 5.41) is 12.4. The quantitative estimate of drug-likeness (QED) is 0.363. The largest absolute Gasteiger partial charge is 0.493 e. The van der Waals surface area contributed by atoms with Gasteiger partial charge in [-0.05, 0) is 31.2 Å². The molecule has 0 saturated heterocycles. The van der Waals surface area contributed by atoms with E-state index in [0.717, 1.165) is 5.56 Å². The monoisotopic (exact) mass is 412 g/mol. The standard InChI is InChI=1S/C19H17FN6O2S/c1-2-27-15-10-6-4-8-13(15)17-22-16(28-25-17)11-29-19-24-23-18(26(19)21)12-7-3-5-9-14(12)20/h3-10H,2,11,21H2,1H3. The van der Waals surface area contributed by atoms with Gasteiger partial charge in [0.25, 0.3) is 0 Å². The maximum atomic E-state index is 14.0. The number of aromatic nitrogens is 5. The van der Waals surface area contributed by atoms with Crippen molar-refractivity contribution in [3.05, 3.63) is 60.2 Å². The Hall–Kier alpha value is -3.40. The van der Waals surface area contributed by atoms with Crippen molar-refractivity contribution in [1.29, 1.82) is 0 Å². The zero-order chi connectivity index (χ0) is 20.2. The molecule has 4 rings (SSSR count). The summed E-state index contributed by atoms with van der Waals surface area (Å²) in [6.45, 7) is 2.45. The molecule has 29 heavy (non-hydrogen) atoms. The molecular formula is C19H17FN6O2S. The molecule has 4 aromatic rings. The Morgan fingerprint density at radius 1 is 1.10 bits per heavy atom. The molecule has 0 amide bonds. The van der Waals surface area contributed by atoms with Crippen molar-refractivity contribution in [2.75, 3.05) is 12.4 Å². The second kappa shape index (κ2) is 8.31. The number of nitrogens with two attached hydrogens (primary N) is 1. The van der Waals surface area contributed by atoms with Crippen molar-refractivity contribution in [2.45, 2.75) is 17.8 Å². The summed E-state index contributed by atoms with van der Waals surface area (Å²) in [6, 6.07) is 13.7. The molecular weight excluding hydrogens is 395 g/mol. The second-order valence-corrected chi connectivity index (χ2v) is 6.83.